The number of ether oxygens (including phenoxy) is 1. The number of hydrogen-bond acceptors (Lipinski definition) is 5. The Balaban J connectivity index is 1.48. The minimum Gasteiger partial charge on any atom is -0.372 e. The first-order valence-corrected chi connectivity index (χ1v) is 9.84. The summed E-state index contributed by atoms with van der Waals surface area (Å²) in [6, 6.07) is 5.75. The van der Waals surface area contributed by atoms with Crippen LogP contribution in [0.15, 0.2) is 24.4 Å². The Bertz CT molecular complexity index is 631. The lowest BCUT2D eigenvalue weighted by molar-refractivity contribution is -0.140. The molecule has 3 heterocycles. The van der Waals surface area contributed by atoms with Gasteiger partial charge < -0.3 is 20.3 Å². The lowest BCUT2D eigenvalue weighted by atomic mass is 9.98. The van der Waals surface area contributed by atoms with Crippen molar-refractivity contribution in [2.75, 3.05) is 26.2 Å². The van der Waals surface area contributed by atoms with Crippen LogP contribution in [0.1, 0.15) is 38.3 Å². The van der Waals surface area contributed by atoms with Crippen molar-refractivity contribution >= 4 is 11.8 Å². The first-order chi connectivity index (χ1) is 13.0. The van der Waals surface area contributed by atoms with Gasteiger partial charge in [0, 0.05) is 45.3 Å². The van der Waals surface area contributed by atoms with Gasteiger partial charge in [-0.15, -0.1) is 0 Å². The number of rotatable bonds is 4. The summed E-state index contributed by atoms with van der Waals surface area (Å²) in [4.78, 5) is 32.7. The number of hydrogen-bond donors (Lipinski definition) is 1. The predicted molar refractivity (Wildman–Crippen MR) is 102 cm³/mol. The van der Waals surface area contributed by atoms with Crippen molar-refractivity contribution in [2.45, 2.75) is 51.4 Å². The highest BCUT2D eigenvalue weighted by Crippen LogP contribution is 2.22. The molecule has 27 heavy (non-hydrogen) atoms. The third-order valence-electron chi connectivity index (χ3n) is 5.52. The van der Waals surface area contributed by atoms with Crippen molar-refractivity contribution in [1.82, 2.24) is 14.8 Å². The van der Waals surface area contributed by atoms with Crippen molar-refractivity contribution in [1.29, 1.82) is 0 Å². The monoisotopic (exact) mass is 374 g/mol. The van der Waals surface area contributed by atoms with Crippen LogP contribution in [0, 0.1) is 5.92 Å². The Morgan fingerprint density at radius 1 is 1.15 bits per heavy atom. The fourth-order valence-electron chi connectivity index (χ4n) is 3.87. The van der Waals surface area contributed by atoms with Crippen LogP contribution in [0.5, 0.6) is 0 Å². The smallest absolute Gasteiger partial charge is 0.227 e. The van der Waals surface area contributed by atoms with Gasteiger partial charge in [0.2, 0.25) is 11.8 Å². The average Bonchev–Trinajstić information content (AvgIpc) is 2.89. The molecule has 0 aliphatic carbocycles. The van der Waals surface area contributed by atoms with Gasteiger partial charge in [-0.2, -0.15) is 0 Å². The first kappa shape index (κ1) is 19.8. The Hall–Kier alpha value is -1.99. The van der Waals surface area contributed by atoms with Crippen LogP contribution in [0.2, 0.25) is 0 Å². The molecule has 2 aliphatic rings. The van der Waals surface area contributed by atoms with Gasteiger partial charge in [-0.05, 0) is 37.8 Å². The second kappa shape index (κ2) is 9.28. The molecule has 0 aromatic carbocycles. The summed E-state index contributed by atoms with van der Waals surface area (Å²) < 4.78 is 5.96. The number of nitrogens with zero attached hydrogens (tertiary/aromatic N) is 3. The SMILES string of the molecule is CC(=O)N1C[C@@H](N)CC[C@@H](C(=O)N2CCC(OCc3ccccn3)CC2)C1. The molecule has 2 atom stereocenters. The topological polar surface area (TPSA) is 88.8 Å². The van der Waals surface area contributed by atoms with Crippen molar-refractivity contribution in [2.24, 2.45) is 11.7 Å². The number of aromatic nitrogens is 1. The van der Waals surface area contributed by atoms with E-state index in [2.05, 4.69) is 4.98 Å². The van der Waals surface area contributed by atoms with E-state index in [0.717, 1.165) is 31.4 Å². The summed E-state index contributed by atoms with van der Waals surface area (Å²) in [5, 5.41) is 0. The van der Waals surface area contributed by atoms with E-state index in [1.54, 1.807) is 18.0 Å². The number of carbonyl (C=O) groups is 2. The zero-order chi connectivity index (χ0) is 19.2. The Morgan fingerprint density at radius 2 is 1.93 bits per heavy atom. The number of carbonyl (C=O) groups excluding carboxylic acids is 2. The summed E-state index contributed by atoms with van der Waals surface area (Å²) >= 11 is 0. The van der Waals surface area contributed by atoms with E-state index in [-0.39, 0.29) is 29.9 Å². The van der Waals surface area contributed by atoms with Gasteiger partial charge in [0.25, 0.3) is 0 Å². The highest BCUT2D eigenvalue weighted by molar-refractivity contribution is 5.80. The fourth-order valence-corrected chi connectivity index (χ4v) is 3.87. The molecule has 3 rings (SSSR count). The molecule has 148 valence electrons. The Kier molecular flexibility index (Phi) is 6.79. The largest absolute Gasteiger partial charge is 0.372 e. The van der Waals surface area contributed by atoms with E-state index in [1.165, 1.54) is 0 Å². The predicted octanol–water partition coefficient (Wildman–Crippen LogP) is 1.18. The average molecular weight is 374 g/mol. The maximum atomic E-state index is 13.0. The molecule has 7 heteroatoms. The third-order valence-corrected chi connectivity index (χ3v) is 5.52. The molecular formula is C20H30N4O3. The Morgan fingerprint density at radius 3 is 2.59 bits per heavy atom. The third kappa shape index (κ3) is 5.49. The molecule has 0 unspecified atom stereocenters. The summed E-state index contributed by atoms with van der Waals surface area (Å²) in [6.07, 6.45) is 5.13. The van der Waals surface area contributed by atoms with Crippen LogP contribution in [-0.4, -0.2) is 64.9 Å². The van der Waals surface area contributed by atoms with Crippen molar-refractivity contribution in [3.63, 3.8) is 0 Å². The minimum atomic E-state index is -0.145. The van der Waals surface area contributed by atoms with Crippen molar-refractivity contribution in [3.8, 4) is 0 Å². The number of likely N-dealkylation sites (tertiary alicyclic amines) is 2. The quantitative estimate of drug-likeness (QED) is 0.855. The lowest BCUT2D eigenvalue weighted by Crippen LogP contribution is -2.46. The fraction of sp³-hybridized carbons (Fsp3) is 0.650. The summed E-state index contributed by atoms with van der Waals surface area (Å²) in [5.74, 6) is -0.00116. The number of pyridine rings is 1. The molecule has 0 bridgehead atoms. The van der Waals surface area contributed by atoms with Crippen LogP contribution in [0.3, 0.4) is 0 Å². The van der Waals surface area contributed by atoms with Crippen LogP contribution in [0.4, 0.5) is 0 Å². The van der Waals surface area contributed by atoms with E-state index >= 15 is 0 Å². The Labute approximate surface area is 160 Å². The number of nitrogens with two attached hydrogens (primary N) is 1. The summed E-state index contributed by atoms with van der Waals surface area (Å²) in [7, 11) is 0. The van der Waals surface area contributed by atoms with Gasteiger partial charge in [0.1, 0.15) is 0 Å². The number of amides is 2. The molecular weight excluding hydrogens is 344 g/mol. The normalized spacial score (nSPS) is 24.5. The molecule has 0 radical (unpaired) electrons. The van der Waals surface area contributed by atoms with Crippen LogP contribution in [0.25, 0.3) is 0 Å². The van der Waals surface area contributed by atoms with Crippen LogP contribution < -0.4 is 5.73 Å². The molecule has 1 aromatic rings. The van der Waals surface area contributed by atoms with Crippen molar-refractivity contribution in [3.05, 3.63) is 30.1 Å². The molecule has 2 N–H and O–H groups in total. The minimum absolute atomic E-state index is 0.00761. The van der Waals surface area contributed by atoms with Crippen LogP contribution >= 0.6 is 0 Å². The van der Waals surface area contributed by atoms with Gasteiger partial charge in [-0.3, -0.25) is 14.6 Å². The van der Waals surface area contributed by atoms with E-state index in [1.807, 2.05) is 23.1 Å². The van der Waals surface area contributed by atoms with E-state index in [9.17, 15) is 9.59 Å². The number of piperidine rings is 1. The standard InChI is InChI=1S/C20H30N4O3/c1-15(25)24-12-16(5-6-17(21)13-24)20(26)23-10-7-19(8-11-23)27-14-18-4-2-3-9-22-18/h2-4,9,16-17,19H,5-8,10-14,21H2,1H3/t16-,17+/m1/s1. The van der Waals surface area contributed by atoms with Gasteiger partial charge in [0.15, 0.2) is 0 Å². The summed E-state index contributed by atoms with van der Waals surface area (Å²) in [6.45, 7) is 4.49. The molecule has 2 saturated heterocycles. The molecule has 1 aromatic heterocycles. The van der Waals surface area contributed by atoms with E-state index in [4.69, 9.17) is 10.5 Å². The maximum Gasteiger partial charge on any atom is 0.227 e. The highest BCUT2D eigenvalue weighted by atomic mass is 16.5. The van der Waals surface area contributed by atoms with E-state index < -0.39 is 0 Å². The molecule has 0 saturated carbocycles. The van der Waals surface area contributed by atoms with Gasteiger partial charge in [0.05, 0.1) is 24.3 Å². The zero-order valence-electron chi connectivity index (χ0n) is 16.0. The van der Waals surface area contributed by atoms with Gasteiger partial charge >= 0.3 is 0 Å². The zero-order valence-corrected chi connectivity index (χ0v) is 16.0. The van der Waals surface area contributed by atoms with Crippen molar-refractivity contribution < 1.29 is 14.3 Å². The lowest BCUT2D eigenvalue weighted by Gasteiger charge is -2.34. The second-order valence-corrected chi connectivity index (χ2v) is 7.62. The van der Waals surface area contributed by atoms with Gasteiger partial charge in [-0.1, -0.05) is 6.07 Å². The maximum absolute atomic E-state index is 13.0. The molecule has 2 amide bonds. The first-order valence-electron chi connectivity index (χ1n) is 9.84. The molecule has 2 fully saturated rings. The molecule has 2 aliphatic heterocycles. The van der Waals surface area contributed by atoms with E-state index in [0.29, 0.717) is 32.8 Å². The molecule has 7 nitrogen and oxygen atoms in total. The summed E-state index contributed by atoms with van der Waals surface area (Å²) in [5.41, 5.74) is 6.99. The highest BCUT2D eigenvalue weighted by Gasteiger charge is 2.32. The second-order valence-electron chi connectivity index (χ2n) is 7.62. The van der Waals surface area contributed by atoms with Gasteiger partial charge in [-0.25, -0.2) is 0 Å². The van der Waals surface area contributed by atoms with Crippen LogP contribution in [-0.2, 0) is 20.9 Å². The molecule has 0 spiro atoms.